The lowest BCUT2D eigenvalue weighted by Gasteiger charge is -2.12. The molecule has 2 aromatic carbocycles. The van der Waals surface area contributed by atoms with E-state index in [0.29, 0.717) is 0 Å². The number of nitrogens with one attached hydrogen (secondary N) is 2. The normalized spacial score (nSPS) is 10.7. The van der Waals surface area contributed by atoms with E-state index < -0.39 is 0 Å². The predicted octanol–water partition coefficient (Wildman–Crippen LogP) is 3.38. The van der Waals surface area contributed by atoms with E-state index >= 15 is 0 Å². The van der Waals surface area contributed by atoms with Crippen LogP contribution in [0, 0.1) is 0 Å². The molecule has 0 bridgehead atoms. The first-order chi connectivity index (χ1) is 9.90. The molecule has 3 rings (SSSR count). The van der Waals surface area contributed by atoms with E-state index in [-0.39, 0.29) is 0 Å². The molecule has 0 aliphatic rings. The molecule has 1 heterocycles. The molecule has 100 valence electrons. The minimum Gasteiger partial charge on any atom is -0.286 e. The summed E-state index contributed by atoms with van der Waals surface area (Å²) in [4.78, 5) is 9.17. The number of nitrogens with zero attached hydrogens (tertiary/aromatic N) is 1. The summed E-state index contributed by atoms with van der Waals surface area (Å²) in [5, 5.41) is 2.41. The van der Waals surface area contributed by atoms with Gasteiger partial charge in [-0.2, -0.15) is 0 Å². The van der Waals surface area contributed by atoms with E-state index in [9.17, 15) is 0 Å². The molecule has 0 radical (unpaired) electrons. The van der Waals surface area contributed by atoms with Gasteiger partial charge in [0.25, 0.3) is 0 Å². The molecule has 2 N–H and O–H groups in total. The van der Waals surface area contributed by atoms with Crippen molar-refractivity contribution in [3.63, 3.8) is 0 Å². The fraction of sp³-hybridized carbons (Fsp3) is 0.0625. The van der Waals surface area contributed by atoms with Crippen LogP contribution < -0.4 is 11.0 Å². The van der Waals surface area contributed by atoms with Crippen LogP contribution in [0.4, 0.5) is 5.82 Å². The van der Waals surface area contributed by atoms with Crippen LogP contribution in [0.15, 0.2) is 60.8 Å². The van der Waals surface area contributed by atoms with E-state index in [0.717, 1.165) is 16.9 Å². The molecule has 0 fully saturated rings. The maximum Gasteiger partial charge on any atom is 0.149 e. The minimum absolute atomic E-state index is 0.728. The summed E-state index contributed by atoms with van der Waals surface area (Å²) in [6.45, 7) is 0. The van der Waals surface area contributed by atoms with Crippen molar-refractivity contribution in [3.8, 4) is 11.1 Å². The molecule has 20 heavy (non-hydrogen) atoms. The standard InChI is InChI=1S/C16H15N3O/c1-20-19-18-16-15(10-5-11-17-16)14-9-4-7-12-6-2-3-8-13(12)14/h2-11,19H,1H3,(H,17,18). The average Bonchev–Trinajstić information content (AvgIpc) is 2.53. The number of hydrogen-bond donors (Lipinski definition) is 2. The van der Waals surface area contributed by atoms with Crippen molar-refractivity contribution in [1.82, 2.24) is 10.6 Å². The minimum atomic E-state index is 0.728. The van der Waals surface area contributed by atoms with Gasteiger partial charge in [0.15, 0.2) is 0 Å². The number of hydrogen-bond acceptors (Lipinski definition) is 4. The van der Waals surface area contributed by atoms with Crippen molar-refractivity contribution < 1.29 is 4.84 Å². The van der Waals surface area contributed by atoms with Crippen LogP contribution in [0.1, 0.15) is 0 Å². The van der Waals surface area contributed by atoms with Gasteiger partial charge in [-0.05, 0) is 28.5 Å². The molecular weight excluding hydrogens is 250 g/mol. The lowest BCUT2D eigenvalue weighted by molar-refractivity contribution is 0.111. The molecular formula is C16H15N3O. The Bertz CT molecular complexity index is 722. The first-order valence-corrected chi connectivity index (χ1v) is 6.37. The van der Waals surface area contributed by atoms with Crippen LogP contribution in [0.5, 0.6) is 0 Å². The van der Waals surface area contributed by atoms with Crippen LogP contribution in [0.25, 0.3) is 21.9 Å². The lowest BCUT2D eigenvalue weighted by atomic mass is 9.99. The maximum atomic E-state index is 4.82. The quantitative estimate of drug-likeness (QED) is 0.710. The van der Waals surface area contributed by atoms with Crippen molar-refractivity contribution >= 4 is 16.6 Å². The van der Waals surface area contributed by atoms with E-state index in [4.69, 9.17) is 4.84 Å². The third kappa shape index (κ3) is 2.34. The molecule has 0 saturated carbocycles. The molecule has 0 unspecified atom stereocenters. The number of aromatic nitrogens is 1. The second-order valence-electron chi connectivity index (χ2n) is 4.36. The SMILES string of the molecule is CONNc1ncccc1-c1cccc2ccccc12. The smallest absolute Gasteiger partial charge is 0.149 e. The van der Waals surface area contributed by atoms with Crippen molar-refractivity contribution in [2.24, 2.45) is 0 Å². The monoisotopic (exact) mass is 265 g/mol. The Morgan fingerprint density at radius 3 is 2.60 bits per heavy atom. The summed E-state index contributed by atoms with van der Waals surface area (Å²) < 4.78 is 0. The van der Waals surface area contributed by atoms with E-state index in [2.05, 4.69) is 46.3 Å². The number of rotatable bonds is 4. The Kier molecular flexibility index (Phi) is 3.58. The Balaban J connectivity index is 2.16. The van der Waals surface area contributed by atoms with Crippen LogP contribution in [-0.2, 0) is 4.84 Å². The highest BCUT2D eigenvalue weighted by Crippen LogP contribution is 2.32. The fourth-order valence-electron chi connectivity index (χ4n) is 2.28. The largest absolute Gasteiger partial charge is 0.286 e. The number of anilines is 1. The van der Waals surface area contributed by atoms with Crippen molar-refractivity contribution in [2.75, 3.05) is 12.5 Å². The van der Waals surface area contributed by atoms with Gasteiger partial charge in [0.05, 0.1) is 7.11 Å². The predicted molar refractivity (Wildman–Crippen MR) is 80.9 cm³/mol. The molecule has 0 atom stereocenters. The summed E-state index contributed by atoms with van der Waals surface area (Å²) in [6.07, 6.45) is 1.74. The third-order valence-electron chi connectivity index (χ3n) is 3.16. The zero-order valence-electron chi connectivity index (χ0n) is 11.1. The second kappa shape index (κ2) is 5.69. The Morgan fingerprint density at radius 2 is 1.70 bits per heavy atom. The first kappa shape index (κ1) is 12.6. The molecule has 0 aliphatic heterocycles. The fourth-order valence-corrected chi connectivity index (χ4v) is 2.28. The first-order valence-electron chi connectivity index (χ1n) is 6.37. The van der Waals surface area contributed by atoms with Crippen molar-refractivity contribution in [2.45, 2.75) is 0 Å². The molecule has 4 nitrogen and oxygen atoms in total. The molecule has 0 aliphatic carbocycles. The van der Waals surface area contributed by atoms with E-state index in [1.807, 2.05) is 24.3 Å². The average molecular weight is 265 g/mol. The van der Waals surface area contributed by atoms with Crippen molar-refractivity contribution in [1.29, 1.82) is 0 Å². The van der Waals surface area contributed by atoms with Gasteiger partial charge in [0.2, 0.25) is 0 Å². The van der Waals surface area contributed by atoms with Gasteiger partial charge in [-0.15, -0.1) is 5.59 Å². The van der Waals surface area contributed by atoms with E-state index in [1.165, 1.54) is 10.8 Å². The lowest BCUT2D eigenvalue weighted by Crippen LogP contribution is -2.20. The topological polar surface area (TPSA) is 46.2 Å². The highest BCUT2D eigenvalue weighted by atomic mass is 16.7. The Hall–Kier alpha value is -2.43. The van der Waals surface area contributed by atoms with Gasteiger partial charge < -0.3 is 0 Å². The molecule has 0 spiro atoms. The summed E-state index contributed by atoms with van der Waals surface area (Å²) >= 11 is 0. The summed E-state index contributed by atoms with van der Waals surface area (Å²) in [6, 6.07) is 18.5. The second-order valence-corrected chi connectivity index (χ2v) is 4.36. The Morgan fingerprint density at radius 1 is 0.900 bits per heavy atom. The molecule has 4 heteroatoms. The zero-order chi connectivity index (χ0) is 13.8. The molecule has 0 amide bonds. The Labute approximate surface area is 117 Å². The van der Waals surface area contributed by atoms with Gasteiger partial charge in [0.1, 0.15) is 5.82 Å². The van der Waals surface area contributed by atoms with Crippen LogP contribution in [-0.4, -0.2) is 12.1 Å². The van der Waals surface area contributed by atoms with Gasteiger partial charge in [-0.25, -0.2) is 4.98 Å². The van der Waals surface area contributed by atoms with Crippen LogP contribution in [0.2, 0.25) is 0 Å². The maximum absolute atomic E-state index is 4.82. The third-order valence-corrected chi connectivity index (χ3v) is 3.16. The number of fused-ring (bicyclic) bond motifs is 1. The van der Waals surface area contributed by atoms with Gasteiger partial charge in [-0.3, -0.25) is 10.3 Å². The van der Waals surface area contributed by atoms with Gasteiger partial charge in [0, 0.05) is 11.8 Å². The van der Waals surface area contributed by atoms with Crippen LogP contribution >= 0.6 is 0 Å². The summed E-state index contributed by atoms with van der Waals surface area (Å²) in [7, 11) is 1.55. The highest BCUT2D eigenvalue weighted by molar-refractivity contribution is 5.98. The van der Waals surface area contributed by atoms with Gasteiger partial charge in [-0.1, -0.05) is 42.5 Å². The highest BCUT2D eigenvalue weighted by Gasteiger charge is 2.08. The zero-order valence-corrected chi connectivity index (χ0v) is 11.1. The molecule has 3 aromatic rings. The van der Waals surface area contributed by atoms with E-state index in [1.54, 1.807) is 13.3 Å². The van der Waals surface area contributed by atoms with Crippen molar-refractivity contribution in [3.05, 3.63) is 60.8 Å². The summed E-state index contributed by atoms with van der Waals surface area (Å²) in [5.41, 5.74) is 7.71. The molecule has 0 saturated heterocycles. The number of hydrazine groups is 1. The van der Waals surface area contributed by atoms with Crippen LogP contribution in [0.3, 0.4) is 0 Å². The summed E-state index contributed by atoms with van der Waals surface area (Å²) in [5.74, 6) is 0.728. The molecule has 1 aromatic heterocycles. The van der Waals surface area contributed by atoms with Gasteiger partial charge >= 0.3 is 0 Å². The number of pyridine rings is 1. The number of benzene rings is 2.